The first-order chi connectivity index (χ1) is 8.30. The van der Waals surface area contributed by atoms with Gasteiger partial charge in [-0.2, -0.15) is 0 Å². The number of hydrogen-bond donors (Lipinski definition) is 2. The summed E-state index contributed by atoms with van der Waals surface area (Å²) in [5.41, 5.74) is 2.11. The largest absolute Gasteiger partial charge is 0.387 e. The van der Waals surface area contributed by atoms with Crippen molar-refractivity contribution in [3.8, 4) is 0 Å². The van der Waals surface area contributed by atoms with Crippen LogP contribution in [0.5, 0.6) is 0 Å². The Kier molecular flexibility index (Phi) is 6.40. The fourth-order valence-electron chi connectivity index (χ4n) is 1.78. The number of hydrogen-bond acceptors (Lipinski definition) is 4. The van der Waals surface area contributed by atoms with Crippen LogP contribution in [-0.4, -0.2) is 43.1 Å². The molecule has 0 saturated heterocycles. The molecule has 17 heavy (non-hydrogen) atoms. The van der Waals surface area contributed by atoms with Gasteiger partial charge in [0.15, 0.2) is 0 Å². The van der Waals surface area contributed by atoms with Gasteiger partial charge in [0, 0.05) is 20.1 Å². The van der Waals surface area contributed by atoms with Gasteiger partial charge < -0.3 is 15.5 Å². The average Bonchev–Trinajstić information content (AvgIpc) is 2.38. The van der Waals surface area contributed by atoms with Crippen molar-refractivity contribution in [1.82, 2.24) is 9.88 Å². The van der Waals surface area contributed by atoms with E-state index in [0.717, 1.165) is 31.0 Å². The second-order valence-electron chi connectivity index (χ2n) is 4.07. The minimum absolute atomic E-state index is 0.961. The van der Waals surface area contributed by atoms with E-state index in [0.29, 0.717) is 0 Å². The Balaban J connectivity index is 2.34. The lowest BCUT2D eigenvalue weighted by atomic mass is 10.3. The van der Waals surface area contributed by atoms with Crippen LogP contribution in [0.25, 0.3) is 0 Å². The number of rotatable bonds is 8. The molecule has 0 unspecified atom stereocenters. The molecule has 0 fully saturated rings. The van der Waals surface area contributed by atoms with Crippen molar-refractivity contribution >= 4 is 11.4 Å². The van der Waals surface area contributed by atoms with Crippen molar-refractivity contribution in [2.45, 2.75) is 20.3 Å². The van der Waals surface area contributed by atoms with E-state index >= 15 is 0 Å². The molecule has 4 nitrogen and oxygen atoms in total. The van der Waals surface area contributed by atoms with Crippen LogP contribution in [0.4, 0.5) is 11.4 Å². The highest BCUT2D eigenvalue weighted by Crippen LogP contribution is 2.11. The first kappa shape index (κ1) is 13.8. The maximum absolute atomic E-state index is 4.17. The SMILES string of the molecule is CCCN(CC)CCNc1cncc(NC)c1. The van der Waals surface area contributed by atoms with Crippen LogP contribution in [0.3, 0.4) is 0 Å². The number of nitrogens with one attached hydrogen (secondary N) is 2. The molecule has 0 aliphatic heterocycles. The van der Waals surface area contributed by atoms with Crippen LogP contribution in [-0.2, 0) is 0 Å². The number of aromatic nitrogens is 1. The third-order valence-electron chi connectivity index (χ3n) is 2.77. The van der Waals surface area contributed by atoms with E-state index in [1.54, 1.807) is 0 Å². The molecule has 0 aromatic carbocycles. The van der Waals surface area contributed by atoms with E-state index in [1.807, 2.05) is 19.4 Å². The Morgan fingerprint density at radius 1 is 1.18 bits per heavy atom. The van der Waals surface area contributed by atoms with E-state index in [-0.39, 0.29) is 0 Å². The van der Waals surface area contributed by atoms with E-state index in [2.05, 4.69) is 40.4 Å². The van der Waals surface area contributed by atoms with Crippen molar-refractivity contribution in [2.24, 2.45) is 0 Å². The third kappa shape index (κ3) is 5.04. The number of likely N-dealkylation sites (N-methyl/N-ethyl adjacent to an activating group) is 1. The first-order valence-electron chi connectivity index (χ1n) is 6.39. The van der Waals surface area contributed by atoms with Gasteiger partial charge >= 0.3 is 0 Å². The third-order valence-corrected chi connectivity index (χ3v) is 2.77. The molecule has 2 N–H and O–H groups in total. The quantitative estimate of drug-likeness (QED) is 0.726. The lowest BCUT2D eigenvalue weighted by Gasteiger charge is -2.19. The van der Waals surface area contributed by atoms with Gasteiger partial charge in [-0.3, -0.25) is 4.98 Å². The minimum Gasteiger partial charge on any atom is -0.387 e. The predicted molar refractivity (Wildman–Crippen MR) is 74.7 cm³/mol. The zero-order valence-corrected chi connectivity index (χ0v) is 11.2. The maximum Gasteiger partial charge on any atom is 0.0547 e. The summed E-state index contributed by atoms with van der Waals surface area (Å²) in [6, 6.07) is 2.07. The number of anilines is 2. The van der Waals surface area contributed by atoms with Gasteiger partial charge in [-0.1, -0.05) is 13.8 Å². The summed E-state index contributed by atoms with van der Waals surface area (Å²) in [5, 5.41) is 6.48. The van der Waals surface area contributed by atoms with Crippen LogP contribution in [0.2, 0.25) is 0 Å². The Bertz CT molecular complexity index is 314. The maximum atomic E-state index is 4.17. The van der Waals surface area contributed by atoms with Crippen LogP contribution in [0.15, 0.2) is 18.5 Å². The summed E-state index contributed by atoms with van der Waals surface area (Å²) < 4.78 is 0. The Morgan fingerprint density at radius 3 is 2.59 bits per heavy atom. The van der Waals surface area contributed by atoms with Gasteiger partial charge in [0.25, 0.3) is 0 Å². The minimum atomic E-state index is 0.961. The van der Waals surface area contributed by atoms with E-state index in [9.17, 15) is 0 Å². The summed E-state index contributed by atoms with van der Waals surface area (Å²) in [5.74, 6) is 0. The molecule has 0 atom stereocenters. The van der Waals surface area contributed by atoms with Crippen molar-refractivity contribution in [3.05, 3.63) is 18.5 Å². The summed E-state index contributed by atoms with van der Waals surface area (Å²) in [6.45, 7) is 8.75. The highest BCUT2D eigenvalue weighted by Gasteiger charge is 2.00. The average molecular weight is 236 g/mol. The van der Waals surface area contributed by atoms with E-state index < -0.39 is 0 Å². The fraction of sp³-hybridized carbons (Fsp3) is 0.615. The summed E-state index contributed by atoms with van der Waals surface area (Å²) in [7, 11) is 1.90. The van der Waals surface area contributed by atoms with Crippen molar-refractivity contribution < 1.29 is 0 Å². The second kappa shape index (κ2) is 7.90. The smallest absolute Gasteiger partial charge is 0.0547 e. The highest BCUT2D eigenvalue weighted by atomic mass is 15.1. The van der Waals surface area contributed by atoms with Crippen LogP contribution < -0.4 is 10.6 Å². The van der Waals surface area contributed by atoms with Crippen molar-refractivity contribution in [3.63, 3.8) is 0 Å². The van der Waals surface area contributed by atoms with Gasteiger partial charge in [-0.15, -0.1) is 0 Å². The molecule has 1 aromatic heterocycles. The molecule has 0 radical (unpaired) electrons. The molecule has 96 valence electrons. The van der Waals surface area contributed by atoms with Gasteiger partial charge in [0.05, 0.1) is 23.8 Å². The molecule has 1 aromatic rings. The summed E-state index contributed by atoms with van der Waals surface area (Å²) in [4.78, 5) is 6.62. The molecule has 0 aliphatic rings. The predicted octanol–water partition coefficient (Wildman–Crippen LogP) is 2.27. The molecule has 0 amide bonds. The molecular formula is C13H24N4. The number of pyridine rings is 1. The molecule has 0 spiro atoms. The Labute approximate surface area is 104 Å². The second-order valence-corrected chi connectivity index (χ2v) is 4.07. The van der Waals surface area contributed by atoms with Crippen LogP contribution in [0.1, 0.15) is 20.3 Å². The molecule has 4 heteroatoms. The molecule has 0 saturated carbocycles. The molecular weight excluding hydrogens is 212 g/mol. The van der Waals surface area contributed by atoms with Crippen LogP contribution in [0, 0.1) is 0 Å². The topological polar surface area (TPSA) is 40.2 Å². The zero-order chi connectivity index (χ0) is 12.5. The molecule has 0 aliphatic carbocycles. The zero-order valence-electron chi connectivity index (χ0n) is 11.2. The Hall–Kier alpha value is -1.29. The van der Waals surface area contributed by atoms with Gasteiger partial charge in [-0.25, -0.2) is 0 Å². The standard InChI is InChI=1S/C13H24N4/c1-4-7-17(5-2)8-6-16-13-9-12(14-3)10-15-11-13/h9-11,14,16H,4-8H2,1-3H3. The summed E-state index contributed by atoms with van der Waals surface area (Å²) in [6.07, 6.45) is 4.89. The van der Waals surface area contributed by atoms with E-state index in [1.165, 1.54) is 13.0 Å². The molecule has 1 rings (SSSR count). The van der Waals surface area contributed by atoms with Crippen molar-refractivity contribution in [1.29, 1.82) is 0 Å². The number of nitrogens with zero attached hydrogens (tertiary/aromatic N) is 2. The lowest BCUT2D eigenvalue weighted by molar-refractivity contribution is 0.300. The van der Waals surface area contributed by atoms with Gasteiger partial charge in [-0.05, 0) is 25.6 Å². The highest BCUT2D eigenvalue weighted by molar-refractivity contribution is 5.53. The fourth-order valence-corrected chi connectivity index (χ4v) is 1.78. The first-order valence-corrected chi connectivity index (χ1v) is 6.39. The van der Waals surface area contributed by atoms with E-state index in [4.69, 9.17) is 0 Å². The lowest BCUT2D eigenvalue weighted by Crippen LogP contribution is -2.29. The summed E-state index contributed by atoms with van der Waals surface area (Å²) >= 11 is 0. The normalized spacial score (nSPS) is 10.6. The Morgan fingerprint density at radius 2 is 1.94 bits per heavy atom. The molecule has 0 bridgehead atoms. The van der Waals surface area contributed by atoms with Gasteiger partial charge in [0.1, 0.15) is 0 Å². The van der Waals surface area contributed by atoms with Crippen LogP contribution >= 0.6 is 0 Å². The molecule has 1 heterocycles. The monoisotopic (exact) mass is 236 g/mol. The van der Waals surface area contributed by atoms with Gasteiger partial charge in [0.2, 0.25) is 0 Å². The van der Waals surface area contributed by atoms with Crippen molar-refractivity contribution in [2.75, 3.05) is 43.9 Å².